The zero-order valence-electron chi connectivity index (χ0n) is 10.1. The Balaban J connectivity index is 1.96. The highest BCUT2D eigenvalue weighted by molar-refractivity contribution is 9.10. The van der Waals surface area contributed by atoms with Crippen LogP contribution in [0.2, 0.25) is 0 Å². The van der Waals surface area contributed by atoms with Crippen LogP contribution in [0.25, 0.3) is 0 Å². The summed E-state index contributed by atoms with van der Waals surface area (Å²) in [7, 11) is 0. The van der Waals surface area contributed by atoms with Crippen LogP contribution in [0.5, 0.6) is 0 Å². The van der Waals surface area contributed by atoms with Gasteiger partial charge >= 0.3 is 0 Å². The van der Waals surface area contributed by atoms with Crippen LogP contribution in [0.4, 0.5) is 0 Å². The van der Waals surface area contributed by atoms with E-state index < -0.39 is 0 Å². The molecule has 2 N–H and O–H groups in total. The predicted octanol–water partition coefficient (Wildman–Crippen LogP) is 2.53. The molecule has 1 aromatic heterocycles. The first-order valence-electron chi connectivity index (χ1n) is 6.18. The fourth-order valence-electron chi connectivity index (χ4n) is 2.50. The third-order valence-corrected chi connectivity index (χ3v) is 3.92. The van der Waals surface area contributed by atoms with Gasteiger partial charge in [0, 0.05) is 41.4 Å². The van der Waals surface area contributed by atoms with E-state index in [4.69, 9.17) is 10.5 Å². The maximum atomic E-state index is 6.28. The topological polar surface area (TPSA) is 48.1 Å². The van der Waals surface area contributed by atoms with Gasteiger partial charge in [-0.25, -0.2) is 0 Å². The molecule has 2 heterocycles. The summed E-state index contributed by atoms with van der Waals surface area (Å²) in [4.78, 5) is 4.37. The zero-order chi connectivity index (χ0) is 12.3. The molecule has 3 nitrogen and oxygen atoms in total. The van der Waals surface area contributed by atoms with Gasteiger partial charge in [0.2, 0.25) is 0 Å². The first-order chi connectivity index (χ1) is 8.20. The highest BCUT2D eigenvalue weighted by Gasteiger charge is 2.31. The van der Waals surface area contributed by atoms with Crippen LogP contribution in [0, 0.1) is 5.92 Å². The molecule has 0 bridgehead atoms. The van der Waals surface area contributed by atoms with Gasteiger partial charge in [-0.15, -0.1) is 0 Å². The number of aromatic nitrogens is 1. The Morgan fingerprint density at radius 1 is 1.59 bits per heavy atom. The summed E-state index contributed by atoms with van der Waals surface area (Å²) in [6.07, 6.45) is 5.12. The minimum atomic E-state index is 0.149. The smallest absolute Gasteiger partial charge is 0.0616 e. The number of hydrogen-bond acceptors (Lipinski definition) is 3. The summed E-state index contributed by atoms with van der Waals surface area (Å²) in [5, 5.41) is 0. The van der Waals surface area contributed by atoms with Crippen LogP contribution in [0.1, 0.15) is 25.5 Å². The lowest BCUT2D eigenvalue weighted by Gasteiger charge is -2.23. The van der Waals surface area contributed by atoms with Crippen LogP contribution in [-0.2, 0) is 11.2 Å². The minimum Gasteiger partial charge on any atom is -0.378 e. The molecule has 1 saturated heterocycles. The molecule has 0 spiro atoms. The largest absolute Gasteiger partial charge is 0.378 e. The Labute approximate surface area is 111 Å². The van der Waals surface area contributed by atoms with Crippen molar-refractivity contribution in [1.82, 2.24) is 4.98 Å². The molecule has 94 valence electrons. The van der Waals surface area contributed by atoms with Gasteiger partial charge in [0.1, 0.15) is 0 Å². The van der Waals surface area contributed by atoms with Crippen molar-refractivity contribution in [2.75, 3.05) is 6.61 Å². The summed E-state index contributed by atoms with van der Waals surface area (Å²) in [5.41, 5.74) is 7.34. The van der Waals surface area contributed by atoms with Gasteiger partial charge in [-0.2, -0.15) is 0 Å². The number of nitrogens with two attached hydrogens (primary N) is 1. The molecule has 0 radical (unpaired) electrons. The molecule has 3 unspecified atom stereocenters. The lowest BCUT2D eigenvalue weighted by atomic mass is 9.89. The van der Waals surface area contributed by atoms with Crippen LogP contribution >= 0.6 is 15.9 Å². The van der Waals surface area contributed by atoms with Crippen LogP contribution in [0.3, 0.4) is 0 Å². The van der Waals surface area contributed by atoms with Gasteiger partial charge in [0.25, 0.3) is 0 Å². The molecule has 0 aliphatic carbocycles. The quantitative estimate of drug-likeness (QED) is 0.929. The Bertz CT molecular complexity index is 355. The van der Waals surface area contributed by atoms with Gasteiger partial charge in [-0.3, -0.25) is 4.98 Å². The molecule has 17 heavy (non-hydrogen) atoms. The standard InChI is InChI=1S/C13H19BrN2O/c1-2-13-11(5-6-17-13)12(15)7-10-4-3-9(14)8-16-10/h3-4,8,11-13H,2,5-7,15H2,1H3. The van der Waals surface area contributed by atoms with Gasteiger partial charge in [0.15, 0.2) is 0 Å². The van der Waals surface area contributed by atoms with E-state index in [1.807, 2.05) is 18.3 Å². The lowest BCUT2D eigenvalue weighted by Crippen LogP contribution is -2.37. The number of hydrogen-bond donors (Lipinski definition) is 1. The number of nitrogens with zero attached hydrogens (tertiary/aromatic N) is 1. The summed E-state index contributed by atoms with van der Waals surface area (Å²) in [6.45, 7) is 3.01. The van der Waals surface area contributed by atoms with Crippen LogP contribution in [-0.4, -0.2) is 23.7 Å². The summed E-state index contributed by atoms with van der Waals surface area (Å²) in [5.74, 6) is 0.477. The Morgan fingerprint density at radius 3 is 3.06 bits per heavy atom. The summed E-state index contributed by atoms with van der Waals surface area (Å²) >= 11 is 3.38. The van der Waals surface area contributed by atoms with Crippen LogP contribution < -0.4 is 5.73 Å². The number of pyridine rings is 1. The molecule has 2 rings (SSSR count). The molecule has 1 aromatic rings. The van der Waals surface area contributed by atoms with E-state index >= 15 is 0 Å². The van der Waals surface area contributed by atoms with Gasteiger partial charge in [-0.05, 0) is 40.9 Å². The second-order valence-corrected chi connectivity index (χ2v) is 5.52. The second-order valence-electron chi connectivity index (χ2n) is 4.61. The number of rotatable bonds is 4. The van der Waals surface area contributed by atoms with E-state index in [1.54, 1.807) is 0 Å². The van der Waals surface area contributed by atoms with Crippen molar-refractivity contribution >= 4 is 15.9 Å². The molecule has 4 heteroatoms. The third-order valence-electron chi connectivity index (χ3n) is 3.45. The number of ether oxygens (including phenoxy) is 1. The van der Waals surface area contributed by atoms with E-state index in [1.165, 1.54) is 0 Å². The fourth-order valence-corrected chi connectivity index (χ4v) is 2.73. The fraction of sp³-hybridized carbons (Fsp3) is 0.615. The highest BCUT2D eigenvalue weighted by atomic mass is 79.9. The second kappa shape index (κ2) is 5.94. The predicted molar refractivity (Wildman–Crippen MR) is 71.8 cm³/mol. The Hall–Kier alpha value is -0.450. The molecule has 1 aliphatic heterocycles. The van der Waals surface area contributed by atoms with E-state index in [2.05, 4.69) is 27.8 Å². The molecule has 0 aromatic carbocycles. The van der Waals surface area contributed by atoms with Crippen molar-refractivity contribution in [1.29, 1.82) is 0 Å². The molecular formula is C13H19BrN2O. The first kappa shape index (κ1) is 13.0. The molecule has 1 fully saturated rings. The average Bonchev–Trinajstić information content (AvgIpc) is 2.80. The molecule has 3 atom stereocenters. The summed E-state index contributed by atoms with van der Waals surface area (Å²) < 4.78 is 6.69. The van der Waals surface area contributed by atoms with Gasteiger partial charge in [0.05, 0.1) is 6.10 Å². The Kier molecular flexibility index (Phi) is 4.54. The zero-order valence-corrected chi connectivity index (χ0v) is 11.7. The maximum absolute atomic E-state index is 6.28. The molecule has 0 amide bonds. The third kappa shape index (κ3) is 3.27. The Morgan fingerprint density at radius 2 is 2.41 bits per heavy atom. The molecular weight excluding hydrogens is 280 g/mol. The summed E-state index contributed by atoms with van der Waals surface area (Å²) in [6, 6.07) is 4.19. The molecule has 1 aliphatic rings. The van der Waals surface area contributed by atoms with E-state index in [0.29, 0.717) is 12.0 Å². The van der Waals surface area contributed by atoms with E-state index in [-0.39, 0.29) is 6.04 Å². The van der Waals surface area contributed by atoms with Gasteiger partial charge in [-0.1, -0.05) is 6.92 Å². The van der Waals surface area contributed by atoms with Crippen molar-refractivity contribution in [3.8, 4) is 0 Å². The lowest BCUT2D eigenvalue weighted by molar-refractivity contribution is 0.0813. The van der Waals surface area contributed by atoms with E-state index in [0.717, 1.165) is 36.0 Å². The van der Waals surface area contributed by atoms with Crippen molar-refractivity contribution in [2.24, 2.45) is 11.7 Å². The van der Waals surface area contributed by atoms with E-state index in [9.17, 15) is 0 Å². The number of halogens is 1. The highest BCUT2D eigenvalue weighted by Crippen LogP contribution is 2.27. The van der Waals surface area contributed by atoms with Crippen molar-refractivity contribution in [2.45, 2.75) is 38.3 Å². The first-order valence-corrected chi connectivity index (χ1v) is 6.97. The maximum Gasteiger partial charge on any atom is 0.0616 e. The average molecular weight is 299 g/mol. The monoisotopic (exact) mass is 298 g/mol. The van der Waals surface area contributed by atoms with Crippen molar-refractivity contribution < 1.29 is 4.74 Å². The normalized spacial score (nSPS) is 26.1. The van der Waals surface area contributed by atoms with Crippen LogP contribution in [0.15, 0.2) is 22.8 Å². The SMILES string of the molecule is CCC1OCCC1C(N)Cc1ccc(Br)cn1. The van der Waals surface area contributed by atoms with Crippen molar-refractivity contribution in [3.05, 3.63) is 28.5 Å². The molecule has 0 saturated carbocycles. The van der Waals surface area contributed by atoms with Crippen molar-refractivity contribution in [3.63, 3.8) is 0 Å². The minimum absolute atomic E-state index is 0.149. The van der Waals surface area contributed by atoms with Gasteiger partial charge < -0.3 is 10.5 Å².